The minimum Gasteiger partial charge on any atom is -0.497 e. The summed E-state index contributed by atoms with van der Waals surface area (Å²) in [6.45, 7) is 2.11. The quantitative estimate of drug-likeness (QED) is 0.391. The maximum atomic E-state index is 12.3. The number of aryl methyl sites for hydroxylation is 1. The highest BCUT2D eigenvalue weighted by Gasteiger charge is 2.13. The summed E-state index contributed by atoms with van der Waals surface area (Å²) >= 11 is 0. The number of para-hydroxylation sites is 1. The van der Waals surface area contributed by atoms with Gasteiger partial charge in [-0.1, -0.05) is 24.3 Å². The number of amides is 2. The number of fused-ring (bicyclic) bond motifs is 3. The second kappa shape index (κ2) is 10.1. The van der Waals surface area contributed by atoms with Crippen LogP contribution in [-0.4, -0.2) is 42.6 Å². The van der Waals surface area contributed by atoms with Crippen molar-refractivity contribution in [2.24, 2.45) is 0 Å². The summed E-state index contributed by atoms with van der Waals surface area (Å²) in [7, 11) is 1.50. The predicted octanol–water partition coefficient (Wildman–Crippen LogP) is 3.73. The Balaban J connectivity index is 1.32. The van der Waals surface area contributed by atoms with Crippen LogP contribution in [0.4, 0.5) is 5.69 Å². The van der Waals surface area contributed by atoms with E-state index in [2.05, 4.69) is 34.3 Å². The minimum atomic E-state index is -0.715. The van der Waals surface area contributed by atoms with Gasteiger partial charge in [0.1, 0.15) is 12.3 Å². The van der Waals surface area contributed by atoms with Crippen LogP contribution in [0.3, 0.4) is 0 Å². The first kappa shape index (κ1) is 22.8. The highest BCUT2D eigenvalue weighted by molar-refractivity contribution is 6.10. The van der Waals surface area contributed by atoms with Crippen LogP contribution in [0.5, 0.6) is 5.75 Å². The Bertz CT molecular complexity index is 1380. The number of carbonyl (C=O) groups excluding carboxylic acids is 3. The van der Waals surface area contributed by atoms with Crippen molar-refractivity contribution in [2.45, 2.75) is 13.5 Å². The molecule has 0 spiro atoms. The van der Waals surface area contributed by atoms with Gasteiger partial charge in [-0.25, -0.2) is 0 Å². The third kappa shape index (κ3) is 4.85. The normalized spacial score (nSPS) is 10.8. The molecule has 4 rings (SSSR count). The molecule has 0 aliphatic rings. The van der Waals surface area contributed by atoms with Crippen molar-refractivity contribution < 1.29 is 23.9 Å². The first-order valence-corrected chi connectivity index (χ1v) is 10.9. The Morgan fingerprint density at radius 2 is 1.71 bits per heavy atom. The van der Waals surface area contributed by atoms with Gasteiger partial charge in [-0.05, 0) is 49.4 Å². The fraction of sp³-hybridized carbons (Fsp3) is 0.192. The van der Waals surface area contributed by atoms with Crippen molar-refractivity contribution in [1.29, 1.82) is 0 Å². The molecule has 0 saturated carbocycles. The fourth-order valence-corrected chi connectivity index (χ4v) is 3.89. The molecule has 8 heteroatoms. The van der Waals surface area contributed by atoms with Crippen LogP contribution in [-0.2, 0) is 20.9 Å². The lowest BCUT2D eigenvalue weighted by molar-refractivity contribution is -0.146. The minimum absolute atomic E-state index is 0.352. The molecule has 0 saturated heterocycles. The van der Waals surface area contributed by atoms with Crippen LogP contribution in [0.1, 0.15) is 17.3 Å². The summed E-state index contributed by atoms with van der Waals surface area (Å²) < 4.78 is 12.3. The van der Waals surface area contributed by atoms with E-state index >= 15 is 0 Å². The topological polar surface area (TPSA) is 98.7 Å². The van der Waals surface area contributed by atoms with Crippen LogP contribution >= 0.6 is 0 Å². The van der Waals surface area contributed by atoms with Gasteiger partial charge in [0.2, 0.25) is 0 Å². The van der Waals surface area contributed by atoms with Crippen LogP contribution < -0.4 is 15.4 Å². The third-order valence-electron chi connectivity index (χ3n) is 5.46. The maximum absolute atomic E-state index is 12.3. The number of benzene rings is 3. The average Bonchev–Trinajstić information content (AvgIpc) is 3.19. The second-order valence-corrected chi connectivity index (χ2v) is 7.62. The smallest absolute Gasteiger partial charge is 0.325 e. The fourth-order valence-electron chi connectivity index (χ4n) is 3.89. The molecule has 4 aromatic rings. The zero-order chi connectivity index (χ0) is 24.1. The molecule has 34 heavy (non-hydrogen) atoms. The molecule has 174 valence electrons. The lowest BCUT2D eigenvalue weighted by Gasteiger charge is -2.09. The zero-order valence-corrected chi connectivity index (χ0v) is 19.0. The number of hydrogen-bond acceptors (Lipinski definition) is 5. The van der Waals surface area contributed by atoms with Crippen molar-refractivity contribution in [3.8, 4) is 5.75 Å². The van der Waals surface area contributed by atoms with E-state index < -0.39 is 24.4 Å². The van der Waals surface area contributed by atoms with Gasteiger partial charge in [0.25, 0.3) is 11.8 Å². The molecule has 0 aliphatic carbocycles. The standard InChI is InChI=1S/C26H25N3O5/c1-3-29-22-10-5-4-9-20(22)21-14-18(11-12-23(21)29)28-24(30)16-34-25(31)15-27-26(32)17-7-6-8-19(13-17)33-2/h4-14H,3,15-16H2,1-2H3,(H,27,32)(H,28,30). The molecule has 1 aromatic heterocycles. The van der Waals surface area contributed by atoms with Gasteiger partial charge in [-0.2, -0.15) is 0 Å². The van der Waals surface area contributed by atoms with E-state index in [0.29, 0.717) is 17.0 Å². The molecular weight excluding hydrogens is 434 g/mol. The summed E-state index contributed by atoms with van der Waals surface area (Å²) in [5, 5.41) is 7.36. The number of carbonyl (C=O) groups is 3. The number of rotatable bonds is 8. The van der Waals surface area contributed by atoms with E-state index in [0.717, 1.165) is 28.4 Å². The first-order valence-electron chi connectivity index (χ1n) is 10.9. The van der Waals surface area contributed by atoms with Crippen molar-refractivity contribution in [2.75, 3.05) is 25.6 Å². The number of nitrogens with zero attached hydrogens (tertiary/aromatic N) is 1. The van der Waals surface area contributed by atoms with Gasteiger partial charge in [-0.3, -0.25) is 14.4 Å². The summed E-state index contributed by atoms with van der Waals surface area (Å²) in [5.74, 6) is -1.09. The van der Waals surface area contributed by atoms with Crippen LogP contribution in [0.15, 0.2) is 66.7 Å². The Labute approximate surface area is 196 Å². The Kier molecular flexibility index (Phi) is 6.77. The molecule has 8 nitrogen and oxygen atoms in total. The third-order valence-corrected chi connectivity index (χ3v) is 5.46. The Morgan fingerprint density at radius 3 is 2.50 bits per heavy atom. The van der Waals surface area contributed by atoms with Gasteiger partial charge < -0.3 is 24.7 Å². The van der Waals surface area contributed by atoms with Gasteiger partial charge in [0.05, 0.1) is 7.11 Å². The summed E-state index contributed by atoms with van der Waals surface area (Å²) in [5.41, 5.74) is 3.18. The van der Waals surface area contributed by atoms with Gasteiger partial charge in [0, 0.05) is 39.6 Å². The summed E-state index contributed by atoms with van der Waals surface area (Å²) in [4.78, 5) is 36.4. The number of hydrogen-bond donors (Lipinski definition) is 2. The van der Waals surface area contributed by atoms with E-state index in [4.69, 9.17) is 9.47 Å². The molecule has 0 aliphatic heterocycles. The van der Waals surface area contributed by atoms with Crippen molar-refractivity contribution in [1.82, 2.24) is 9.88 Å². The van der Waals surface area contributed by atoms with Gasteiger partial charge in [-0.15, -0.1) is 0 Å². The lowest BCUT2D eigenvalue weighted by Crippen LogP contribution is -2.32. The zero-order valence-electron chi connectivity index (χ0n) is 19.0. The largest absolute Gasteiger partial charge is 0.497 e. The maximum Gasteiger partial charge on any atom is 0.325 e. The number of aromatic nitrogens is 1. The molecule has 2 amide bonds. The number of ether oxygens (including phenoxy) is 2. The van der Waals surface area contributed by atoms with E-state index in [1.165, 1.54) is 7.11 Å². The van der Waals surface area contributed by atoms with E-state index in [9.17, 15) is 14.4 Å². The molecule has 0 bridgehead atoms. The molecule has 0 unspecified atom stereocenters. The van der Waals surface area contributed by atoms with Gasteiger partial charge >= 0.3 is 5.97 Å². The molecule has 0 fully saturated rings. The van der Waals surface area contributed by atoms with Crippen LogP contribution in [0.25, 0.3) is 21.8 Å². The average molecular weight is 460 g/mol. The SMILES string of the molecule is CCn1c2ccccc2c2cc(NC(=O)COC(=O)CNC(=O)c3cccc(OC)c3)ccc21. The molecule has 0 atom stereocenters. The number of anilines is 1. The van der Waals surface area contributed by atoms with E-state index in [-0.39, 0.29) is 6.54 Å². The van der Waals surface area contributed by atoms with E-state index in [1.807, 2.05) is 30.3 Å². The second-order valence-electron chi connectivity index (χ2n) is 7.62. The van der Waals surface area contributed by atoms with Gasteiger partial charge in [0.15, 0.2) is 6.61 Å². The molecule has 2 N–H and O–H groups in total. The van der Waals surface area contributed by atoms with Crippen LogP contribution in [0.2, 0.25) is 0 Å². The van der Waals surface area contributed by atoms with Crippen molar-refractivity contribution in [3.63, 3.8) is 0 Å². The monoisotopic (exact) mass is 459 g/mol. The lowest BCUT2D eigenvalue weighted by atomic mass is 10.1. The number of esters is 1. The summed E-state index contributed by atoms with van der Waals surface area (Å²) in [6.07, 6.45) is 0. The highest BCUT2D eigenvalue weighted by Crippen LogP contribution is 2.30. The van der Waals surface area contributed by atoms with Crippen LogP contribution in [0, 0.1) is 0 Å². The van der Waals surface area contributed by atoms with E-state index in [1.54, 1.807) is 24.3 Å². The molecule has 1 heterocycles. The number of methoxy groups -OCH3 is 1. The first-order chi connectivity index (χ1) is 16.5. The molecular formula is C26H25N3O5. The highest BCUT2D eigenvalue weighted by atomic mass is 16.5. The predicted molar refractivity (Wildman–Crippen MR) is 130 cm³/mol. The molecule has 0 radical (unpaired) electrons. The van der Waals surface area contributed by atoms with Crippen molar-refractivity contribution in [3.05, 3.63) is 72.3 Å². The summed E-state index contributed by atoms with van der Waals surface area (Å²) in [6, 6.07) is 20.4. The Hall–Kier alpha value is -4.33. The Morgan fingerprint density at radius 1 is 0.912 bits per heavy atom. The number of nitrogens with one attached hydrogen (secondary N) is 2. The molecule has 3 aromatic carbocycles. The van der Waals surface area contributed by atoms with Crippen molar-refractivity contribution >= 4 is 45.3 Å².